The van der Waals surface area contributed by atoms with E-state index >= 15 is 0 Å². The Kier molecular flexibility index (Phi) is 2.10. The van der Waals surface area contributed by atoms with Crippen LogP contribution in [0.3, 0.4) is 0 Å². The number of nitrogens with zero attached hydrogens (tertiary/aromatic N) is 2. The highest BCUT2D eigenvalue weighted by Gasteiger charge is 2.10. The third kappa shape index (κ3) is 1.54. The topological polar surface area (TPSA) is 58.6 Å². The molecule has 1 N–H and O–H groups in total. The molecule has 0 radical (unpaired) electrons. The van der Waals surface area contributed by atoms with Crippen LogP contribution in [0.5, 0.6) is 0 Å². The molecule has 2 aromatic heterocycles. The number of aromatic amines is 1. The monoisotopic (exact) mass is 187 g/mol. The van der Waals surface area contributed by atoms with E-state index in [1.807, 2.05) is 6.92 Å². The zero-order valence-corrected chi connectivity index (χ0v) is 7.69. The van der Waals surface area contributed by atoms with E-state index in [4.69, 9.17) is 0 Å². The van der Waals surface area contributed by atoms with Crippen molar-refractivity contribution in [2.45, 2.75) is 6.92 Å². The second-order valence-corrected chi connectivity index (χ2v) is 2.97. The molecule has 0 aliphatic heterocycles. The highest BCUT2D eigenvalue weighted by atomic mass is 16.1. The van der Waals surface area contributed by atoms with Gasteiger partial charge in [-0.3, -0.25) is 4.79 Å². The summed E-state index contributed by atoms with van der Waals surface area (Å²) < 4.78 is 0. The van der Waals surface area contributed by atoms with Crippen molar-refractivity contribution in [2.75, 3.05) is 0 Å². The molecule has 4 nitrogen and oxygen atoms in total. The van der Waals surface area contributed by atoms with Crippen molar-refractivity contribution in [3.8, 4) is 0 Å². The Morgan fingerprint density at radius 2 is 2.14 bits per heavy atom. The Morgan fingerprint density at radius 1 is 1.29 bits per heavy atom. The number of carbonyl (C=O) groups is 1. The van der Waals surface area contributed by atoms with E-state index < -0.39 is 0 Å². The third-order valence-electron chi connectivity index (χ3n) is 1.87. The van der Waals surface area contributed by atoms with Crippen molar-refractivity contribution in [1.29, 1.82) is 0 Å². The minimum atomic E-state index is -0.137. The fourth-order valence-corrected chi connectivity index (χ4v) is 1.13. The van der Waals surface area contributed by atoms with Gasteiger partial charge in [-0.05, 0) is 31.2 Å². The Bertz CT molecular complexity index is 431. The normalized spacial score (nSPS) is 10.1. The van der Waals surface area contributed by atoms with E-state index in [1.54, 1.807) is 30.5 Å². The number of carbonyl (C=O) groups excluding carboxylic acids is 1. The van der Waals surface area contributed by atoms with E-state index in [0.717, 1.165) is 5.69 Å². The molecule has 2 rings (SSSR count). The van der Waals surface area contributed by atoms with Gasteiger partial charge in [0.15, 0.2) is 0 Å². The van der Waals surface area contributed by atoms with E-state index in [1.165, 1.54) is 0 Å². The first-order chi connectivity index (χ1) is 6.77. The molecule has 0 bridgehead atoms. The first kappa shape index (κ1) is 8.62. The Balaban J connectivity index is 2.33. The summed E-state index contributed by atoms with van der Waals surface area (Å²) >= 11 is 0. The molecule has 14 heavy (non-hydrogen) atoms. The van der Waals surface area contributed by atoms with Crippen LogP contribution in [0.2, 0.25) is 0 Å². The van der Waals surface area contributed by atoms with Gasteiger partial charge in [-0.2, -0.15) is 5.10 Å². The van der Waals surface area contributed by atoms with Gasteiger partial charge in [0.25, 0.3) is 0 Å². The van der Waals surface area contributed by atoms with E-state index in [9.17, 15) is 4.79 Å². The van der Waals surface area contributed by atoms with Gasteiger partial charge >= 0.3 is 0 Å². The van der Waals surface area contributed by atoms with Crippen molar-refractivity contribution in [3.63, 3.8) is 0 Å². The number of ketones is 1. The zero-order chi connectivity index (χ0) is 9.97. The van der Waals surface area contributed by atoms with Crippen LogP contribution in [0, 0.1) is 6.92 Å². The fourth-order valence-electron chi connectivity index (χ4n) is 1.13. The van der Waals surface area contributed by atoms with E-state index in [-0.39, 0.29) is 5.78 Å². The number of aromatic nitrogens is 3. The third-order valence-corrected chi connectivity index (χ3v) is 1.87. The van der Waals surface area contributed by atoms with Crippen molar-refractivity contribution < 1.29 is 4.79 Å². The highest BCUT2D eigenvalue weighted by molar-refractivity contribution is 6.06. The molecule has 0 aliphatic rings. The molecule has 0 unspecified atom stereocenters. The number of rotatable bonds is 2. The molecule has 0 aromatic carbocycles. The SMILES string of the molecule is Cc1ccc(C(=O)c2ccc[nH]2)nn1. The van der Waals surface area contributed by atoms with Crippen LogP contribution in [0.1, 0.15) is 21.9 Å². The molecule has 0 saturated heterocycles. The van der Waals surface area contributed by atoms with Crippen LogP contribution in [-0.2, 0) is 0 Å². The second kappa shape index (κ2) is 3.41. The van der Waals surface area contributed by atoms with E-state index in [2.05, 4.69) is 15.2 Å². The maximum Gasteiger partial charge on any atom is 0.229 e. The van der Waals surface area contributed by atoms with Crippen molar-refractivity contribution >= 4 is 5.78 Å². The highest BCUT2D eigenvalue weighted by Crippen LogP contribution is 2.04. The first-order valence-corrected chi connectivity index (χ1v) is 4.26. The van der Waals surface area contributed by atoms with Gasteiger partial charge < -0.3 is 4.98 Å². The average molecular weight is 187 g/mol. The van der Waals surface area contributed by atoms with Gasteiger partial charge in [0.1, 0.15) is 5.69 Å². The molecular weight excluding hydrogens is 178 g/mol. The zero-order valence-electron chi connectivity index (χ0n) is 7.69. The fraction of sp³-hybridized carbons (Fsp3) is 0.100. The van der Waals surface area contributed by atoms with Gasteiger partial charge in [0.05, 0.1) is 11.4 Å². The summed E-state index contributed by atoms with van der Waals surface area (Å²) in [6.45, 7) is 1.83. The van der Waals surface area contributed by atoms with Crippen LogP contribution in [0.25, 0.3) is 0 Å². The quantitative estimate of drug-likeness (QED) is 0.722. The minimum Gasteiger partial charge on any atom is -0.358 e. The maximum atomic E-state index is 11.7. The van der Waals surface area contributed by atoms with Gasteiger partial charge in [0.2, 0.25) is 5.78 Å². The van der Waals surface area contributed by atoms with Gasteiger partial charge in [-0.25, -0.2) is 0 Å². The summed E-state index contributed by atoms with van der Waals surface area (Å²) in [7, 11) is 0. The lowest BCUT2D eigenvalue weighted by Crippen LogP contribution is -2.05. The molecule has 0 fully saturated rings. The molecule has 2 aromatic rings. The molecule has 4 heteroatoms. The first-order valence-electron chi connectivity index (χ1n) is 4.26. The summed E-state index contributed by atoms with van der Waals surface area (Å²) in [5.41, 5.74) is 1.69. The molecule has 70 valence electrons. The second-order valence-electron chi connectivity index (χ2n) is 2.97. The molecule has 0 spiro atoms. The smallest absolute Gasteiger partial charge is 0.229 e. The summed E-state index contributed by atoms with van der Waals surface area (Å²) in [5.74, 6) is -0.137. The van der Waals surface area contributed by atoms with Gasteiger partial charge in [-0.15, -0.1) is 5.10 Å². The lowest BCUT2D eigenvalue weighted by molar-refractivity contribution is 0.102. The van der Waals surface area contributed by atoms with Gasteiger partial charge in [-0.1, -0.05) is 0 Å². The molecular formula is C10H9N3O. The molecule has 0 atom stereocenters. The van der Waals surface area contributed by atoms with Crippen LogP contribution >= 0.6 is 0 Å². The number of hydrogen-bond acceptors (Lipinski definition) is 3. The Morgan fingerprint density at radius 3 is 2.71 bits per heavy atom. The Labute approximate surface area is 81.0 Å². The largest absolute Gasteiger partial charge is 0.358 e. The number of H-pyrrole nitrogens is 1. The summed E-state index contributed by atoms with van der Waals surface area (Å²) in [6.07, 6.45) is 1.70. The van der Waals surface area contributed by atoms with Gasteiger partial charge in [0, 0.05) is 6.20 Å². The lowest BCUT2D eigenvalue weighted by Gasteiger charge is -1.96. The predicted molar refractivity (Wildman–Crippen MR) is 51.0 cm³/mol. The van der Waals surface area contributed by atoms with E-state index in [0.29, 0.717) is 11.4 Å². The number of nitrogens with one attached hydrogen (secondary N) is 1. The maximum absolute atomic E-state index is 11.7. The molecule has 2 heterocycles. The summed E-state index contributed by atoms with van der Waals surface area (Å²) in [5, 5.41) is 7.64. The standard InChI is InChI=1S/C10H9N3O/c1-7-4-5-9(13-12-7)10(14)8-3-2-6-11-8/h2-6,11H,1H3. The van der Waals surface area contributed by atoms with Crippen LogP contribution in [0.15, 0.2) is 30.5 Å². The van der Waals surface area contributed by atoms with Crippen LogP contribution in [0.4, 0.5) is 0 Å². The molecule has 0 aliphatic carbocycles. The summed E-state index contributed by atoms with van der Waals surface area (Å²) in [6, 6.07) is 6.92. The van der Waals surface area contributed by atoms with Crippen molar-refractivity contribution in [2.24, 2.45) is 0 Å². The Hall–Kier alpha value is -1.97. The minimum absolute atomic E-state index is 0.137. The average Bonchev–Trinajstić information content (AvgIpc) is 2.71. The number of aryl methyl sites for hydroxylation is 1. The van der Waals surface area contributed by atoms with Crippen LogP contribution < -0.4 is 0 Å². The predicted octanol–water partition coefficient (Wildman–Crippen LogP) is 1.34. The lowest BCUT2D eigenvalue weighted by atomic mass is 10.2. The van der Waals surface area contributed by atoms with Crippen LogP contribution in [-0.4, -0.2) is 21.0 Å². The molecule has 0 amide bonds. The number of hydrogen-bond donors (Lipinski definition) is 1. The summed E-state index contributed by atoms with van der Waals surface area (Å²) in [4.78, 5) is 14.5. The molecule has 0 saturated carbocycles. The van der Waals surface area contributed by atoms with Crippen molar-refractivity contribution in [1.82, 2.24) is 15.2 Å². The van der Waals surface area contributed by atoms with Crippen molar-refractivity contribution in [3.05, 3.63) is 47.5 Å².